The fourth-order valence-corrected chi connectivity index (χ4v) is 2.09. The third kappa shape index (κ3) is 6.86. The Balaban J connectivity index is 1.75. The van der Waals surface area contributed by atoms with Gasteiger partial charge in [-0.05, 0) is 48.5 Å². The van der Waals surface area contributed by atoms with Crippen LogP contribution in [0.5, 0.6) is 11.5 Å². The highest BCUT2D eigenvalue weighted by Crippen LogP contribution is 2.17. The average molecular weight is 356 g/mol. The van der Waals surface area contributed by atoms with E-state index in [1.165, 1.54) is 0 Å². The predicted octanol–water partition coefficient (Wildman–Crippen LogP) is 3.33. The van der Waals surface area contributed by atoms with Crippen molar-refractivity contribution in [2.45, 2.75) is 0 Å². The summed E-state index contributed by atoms with van der Waals surface area (Å²) in [5.74, 6) is 1.36. The van der Waals surface area contributed by atoms with Crippen LogP contribution in [0.2, 0.25) is 0 Å². The number of carbonyl (C=O) groups is 1. The third-order valence-corrected chi connectivity index (χ3v) is 3.37. The van der Waals surface area contributed by atoms with Crippen molar-refractivity contribution in [1.82, 2.24) is 0 Å². The molecule has 6 heteroatoms. The molecule has 0 fully saturated rings. The maximum Gasteiger partial charge on any atom is 0.243 e. The highest BCUT2D eigenvalue weighted by atomic mass is 16.5. The minimum atomic E-state index is -0.134. The lowest BCUT2D eigenvalue weighted by Gasteiger charge is -2.10. The summed E-state index contributed by atoms with van der Waals surface area (Å²) in [5.41, 5.74) is 1.55. The van der Waals surface area contributed by atoms with Gasteiger partial charge in [0.1, 0.15) is 24.7 Å². The topological polar surface area (TPSA) is 68.8 Å². The van der Waals surface area contributed by atoms with Crippen molar-refractivity contribution in [2.24, 2.45) is 0 Å². The van der Waals surface area contributed by atoms with E-state index in [0.717, 1.165) is 17.2 Å². The molecule has 2 aromatic rings. The molecule has 1 amide bonds. The van der Waals surface area contributed by atoms with Crippen LogP contribution in [0.15, 0.2) is 61.2 Å². The lowest BCUT2D eigenvalue weighted by atomic mass is 10.3. The highest BCUT2D eigenvalue weighted by molar-refractivity contribution is 5.93. The Hall–Kier alpha value is -2.99. The molecule has 0 aliphatic heterocycles. The smallest absolute Gasteiger partial charge is 0.243 e. The van der Waals surface area contributed by atoms with Crippen LogP contribution in [0.1, 0.15) is 0 Å². The van der Waals surface area contributed by atoms with E-state index >= 15 is 0 Å². The van der Waals surface area contributed by atoms with Crippen LogP contribution in [0.3, 0.4) is 0 Å². The van der Waals surface area contributed by atoms with Gasteiger partial charge in [0.25, 0.3) is 0 Å². The standard InChI is InChI=1S/C20H24N2O4/c1-3-12-25-18-10-6-17(7-11-18)22-20(23)15-21-16-4-8-19(9-5-16)26-14-13-24-2/h3-11,21H,1,12-15H2,2H3,(H,22,23). The van der Waals surface area contributed by atoms with Crippen molar-refractivity contribution >= 4 is 17.3 Å². The van der Waals surface area contributed by atoms with Crippen molar-refractivity contribution in [3.63, 3.8) is 0 Å². The highest BCUT2D eigenvalue weighted by Gasteiger charge is 2.03. The average Bonchev–Trinajstić information content (AvgIpc) is 2.67. The number of methoxy groups -OCH3 is 1. The number of ether oxygens (including phenoxy) is 3. The Labute approximate surface area is 153 Å². The quantitative estimate of drug-likeness (QED) is 0.477. The van der Waals surface area contributed by atoms with Gasteiger partial charge >= 0.3 is 0 Å². The van der Waals surface area contributed by atoms with Gasteiger partial charge in [0.05, 0.1) is 13.2 Å². The van der Waals surface area contributed by atoms with Crippen LogP contribution in [-0.2, 0) is 9.53 Å². The lowest BCUT2D eigenvalue weighted by molar-refractivity contribution is -0.114. The molecular formula is C20H24N2O4. The van der Waals surface area contributed by atoms with Gasteiger partial charge in [-0.2, -0.15) is 0 Å². The van der Waals surface area contributed by atoms with Crippen LogP contribution >= 0.6 is 0 Å². The Kier molecular flexibility index (Phi) is 8.02. The Morgan fingerprint density at radius 3 is 2.19 bits per heavy atom. The van der Waals surface area contributed by atoms with Gasteiger partial charge in [-0.15, -0.1) is 0 Å². The second-order valence-electron chi connectivity index (χ2n) is 5.39. The Morgan fingerprint density at radius 1 is 0.962 bits per heavy atom. The monoisotopic (exact) mass is 356 g/mol. The Bertz CT molecular complexity index is 684. The summed E-state index contributed by atoms with van der Waals surface area (Å²) < 4.78 is 15.8. The number of carbonyl (C=O) groups excluding carboxylic acids is 1. The van der Waals surface area contributed by atoms with Crippen LogP contribution in [-0.4, -0.2) is 39.4 Å². The zero-order valence-electron chi connectivity index (χ0n) is 14.9. The van der Waals surface area contributed by atoms with E-state index in [1.54, 1.807) is 37.5 Å². The van der Waals surface area contributed by atoms with E-state index < -0.39 is 0 Å². The van der Waals surface area contributed by atoms with Crippen LogP contribution in [0.4, 0.5) is 11.4 Å². The van der Waals surface area contributed by atoms with E-state index in [2.05, 4.69) is 17.2 Å². The first-order chi connectivity index (χ1) is 12.7. The van der Waals surface area contributed by atoms with Gasteiger partial charge < -0.3 is 24.8 Å². The van der Waals surface area contributed by atoms with Gasteiger partial charge in [0.15, 0.2) is 0 Å². The summed E-state index contributed by atoms with van der Waals surface area (Å²) in [6.45, 7) is 5.26. The van der Waals surface area contributed by atoms with E-state index in [0.29, 0.717) is 25.5 Å². The molecule has 26 heavy (non-hydrogen) atoms. The Morgan fingerprint density at radius 2 is 1.58 bits per heavy atom. The molecule has 0 bridgehead atoms. The van der Waals surface area contributed by atoms with E-state index in [1.807, 2.05) is 24.3 Å². The van der Waals surface area contributed by atoms with Crippen LogP contribution in [0, 0.1) is 0 Å². The molecule has 0 radical (unpaired) electrons. The summed E-state index contributed by atoms with van der Waals surface area (Å²) in [4.78, 5) is 12.0. The summed E-state index contributed by atoms with van der Waals surface area (Å²) in [7, 11) is 1.63. The van der Waals surface area contributed by atoms with Crippen molar-refractivity contribution in [2.75, 3.05) is 44.1 Å². The molecule has 0 saturated carbocycles. The number of rotatable bonds is 11. The predicted molar refractivity (Wildman–Crippen MR) is 103 cm³/mol. The van der Waals surface area contributed by atoms with E-state index in [4.69, 9.17) is 14.2 Å². The fraction of sp³-hybridized carbons (Fsp3) is 0.250. The van der Waals surface area contributed by atoms with Gasteiger partial charge in [0.2, 0.25) is 5.91 Å². The number of anilines is 2. The van der Waals surface area contributed by atoms with E-state index in [-0.39, 0.29) is 12.5 Å². The van der Waals surface area contributed by atoms with Crippen molar-refractivity contribution in [3.8, 4) is 11.5 Å². The number of benzene rings is 2. The van der Waals surface area contributed by atoms with Crippen LogP contribution in [0.25, 0.3) is 0 Å². The zero-order valence-corrected chi connectivity index (χ0v) is 14.9. The first-order valence-electron chi connectivity index (χ1n) is 8.30. The fourth-order valence-electron chi connectivity index (χ4n) is 2.09. The molecule has 0 aromatic heterocycles. The summed E-state index contributed by atoms with van der Waals surface area (Å²) >= 11 is 0. The summed E-state index contributed by atoms with van der Waals surface area (Å²) in [5, 5.41) is 5.90. The number of nitrogens with one attached hydrogen (secondary N) is 2. The van der Waals surface area contributed by atoms with Crippen molar-refractivity contribution in [3.05, 3.63) is 61.2 Å². The molecule has 0 aliphatic carbocycles. The van der Waals surface area contributed by atoms with Crippen LogP contribution < -0.4 is 20.1 Å². The SMILES string of the molecule is C=CCOc1ccc(NC(=O)CNc2ccc(OCCOC)cc2)cc1. The van der Waals surface area contributed by atoms with Gasteiger partial charge in [-0.3, -0.25) is 4.79 Å². The largest absolute Gasteiger partial charge is 0.491 e. The molecule has 138 valence electrons. The molecular weight excluding hydrogens is 332 g/mol. The maximum absolute atomic E-state index is 12.0. The second kappa shape index (κ2) is 10.8. The first kappa shape index (κ1) is 19.3. The van der Waals surface area contributed by atoms with Crippen molar-refractivity contribution in [1.29, 1.82) is 0 Å². The van der Waals surface area contributed by atoms with E-state index in [9.17, 15) is 4.79 Å². The normalized spacial score (nSPS) is 10.0. The molecule has 2 rings (SSSR count). The molecule has 2 aromatic carbocycles. The van der Waals surface area contributed by atoms with Crippen molar-refractivity contribution < 1.29 is 19.0 Å². The summed E-state index contributed by atoms with van der Waals surface area (Å²) in [6, 6.07) is 14.6. The minimum absolute atomic E-state index is 0.134. The number of hydrogen-bond acceptors (Lipinski definition) is 5. The molecule has 0 saturated heterocycles. The van der Waals surface area contributed by atoms with Gasteiger partial charge in [-0.1, -0.05) is 12.7 Å². The summed E-state index contributed by atoms with van der Waals surface area (Å²) in [6.07, 6.45) is 1.68. The third-order valence-electron chi connectivity index (χ3n) is 3.37. The minimum Gasteiger partial charge on any atom is -0.491 e. The second-order valence-corrected chi connectivity index (χ2v) is 5.39. The van der Waals surface area contributed by atoms with Gasteiger partial charge in [0, 0.05) is 18.5 Å². The molecule has 0 atom stereocenters. The maximum atomic E-state index is 12.0. The molecule has 0 unspecified atom stereocenters. The first-order valence-corrected chi connectivity index (χ1v) is 8.30. The zero-order chi connectivity index (χ0) is 18.6. The number of hydrogen-bond donors (Lipinski definition) is 2. The molecule has 2 N–H and O–H groups in total. The molecule has 0 aliphatic rings. The number of amides is 1. The molecule has 6 nitrogen and oxygen atoms in total. The van der Waals surface area contributed by atoms with Gasteiger partial charge in [-0.25, -0.2) is 0 Å². The molecule has 0 spiro atoms. The lowest BCUT2D eigenvalue weighted by Crippen LogP contribution is -2.21. The molecule has 0 heterocycles.